The Labute approximate surface area is 96.8 Å². The van der Waals surface area contributed by atoms with Crippen molar-refractivity contribution in [3.63, 3.8) is 0 Å². The highest BCUT2D eigenvalue weighted by atomic mass is 32.2. The average molecular weight is 242 g/mol. The van der Waals surface area contributed by atoms with Crippen molar-refractivity contribution in [3.05, 3.63) is 29.6 Å². The summed E-state index contributed by atoms with van der Waals surface area (Å²) in [7, 11) is -3.06. The van der Waals surface area contributed by atoms with Crippen LogP contribution in [0.3, 0.4) is 0 Å². The number of nitrogens with zero attached hydrogens (tertiary/aromatic N) is 1. The van der Waals surface area contributed by atoms with Crippen LogP contribution in [0.5, 0.6) is 0 Å². The number of nitrogens with two attached hydrogens (primary N) is 1. The number of hydrogen-bond acceptors (Lipinski definition) is 4. The number of hydrogen-bond donors (Lipinski definition) is 1. The molecule has 1 unspecified atom stereocenters. The molecule has 1 atom stereocenters. The highest BCUT2D eigenvalue weighted by Gasteiger charge is 2.19. The molecular formula is C11H18N2O2S. The van der Waals surface area contributed by atoms with Crippen molar-refractivity contribution in [1.82, 2.24) is 4.98 Å². The predicted octanol–water partition coefficient (Wildman–Crippen LogP) is 1.25. The van der Waals surface area contributed by atoms with Gasteiger partial charge in [-0.15, -0.1) is 0 Å². The van der Waals surface area contributed by atoms with Crippen molar-refractivity contribution in [2.75, 3.05) is 0 Å². The second kappa shape index (κ2) is 5.41. The van der Waals surface area contributed by atoms with Gasteiger partial charge in [0.05, 0.1) is 16.7 Å². The van der Waals surface area contributed by atoms with Crippen molar-refractivity contribution < 1.29 is 8.42 Å². The highest BCUT2D eigenvalue weighted by molar-refractivity contribution is 7.91. The molecule has 0 aliphatic heterocycles. The lowest BCUT2D eigenvalue weighted by molar-refractivity contribution is 0.580. The quantitative estimate of drug-likeness (QED) is 0.843. The summed E-state index contributed by atoms with van der Waals surface area (Å²) in [5, 5.41) is -0.304. The number of aromatic nitrogens is 1. The fourth-order valence-corrected chi connectivity index (χ4v) is 2.79. The van der Waals surface area contributed by atoms with Crippen molar-refractivity contribution in [2.45, 2.75) is 37.8 Å². The summed E-state index contributed by atoms with van der Waals surface area (Å²) in [6.45, 7) is 3.94. The molecule has 4 nitrogen and oxygen atoms in total. The summed E-state index contributed by atoms with van der Waals surface area (Å²) in [4.78, 5) is 4.03. The first-order valence-corrected chi connectivity index (χ1v) is 7.06. The zero-order chi connectivity index (χ0) is 12.2. The molecule has 1 aromatic rings. The predicted molar refractivity (Wildman–Crippen MR) is 64.5 cm³/mol. The van der Waals surface area contributed by atoms with Crippen LogP contribution < -0.4 is 5.73 Å². The Morgan fingerprint density at radius 1 is 1.50 bits per heavy atom. The summed E-state index contributed by atoms with van der Waals surface area (Å²) in [5.74, 6) is 0.0670. The van der Waals surface area contributed by atoms with E-state index in [0.717, 1.165) is 11.3 Å². The van der Waals surface area contributed by atoms with Crippen LogP contribution >= 0.6 is 0 Å². The lowest BCUT2D eigenvalue weighted by Crippen LogP contribution is -2.18. The van der Waals surface area contributed by atoms with Gasteiger partial charge >= 0.3 is 0 Å². The van der Waals surface area contributed by atoms with Crippen LogP contribution in [0.15, 0.2) is 18.3 Å². The SMILES string of the molecule is CCC(C)S(=O)(=O)Cc1ccnc(CN)c1. The molecule has 1 aromatic heterocycles. The zero-order valence-corrected chi connectivity index (χ0v) is 10.5. The van der Waals surface area contributed by atoms with E-state index < -0.39 is 9.84 Å². The van der Waals surface area contributed by atoms with Gasteiger partial charge in [0.2, 0.25) is 0 Å². The normalized spacial score (nSPS) is 13.7. The molecule has 0 radical (unpaired) electrons. The summed E-state index contributed by atoms with van der Waals surface area (Å²) in [6, 6.07) is 3.47. The van der Waals surface area contributed by atoms with Crippen LogP contribution in [-0.4, -0.2) is 18.7 Å². The molecular weight excluding hydrogens is 224 g/mol. The molecule has 0 amide bonds. The number of sulfone groups is 1. The van der Waals surface area contributed by atoms with Crippen LogP contribution in [0, 0.1) is 0 Å². The van der Waals surface area contributed by atoms with Crippen LogP contribution in [0.2, 0.25) is 0 Å². The molecule has 2 N–H and O–H groups in total. The van der Waals surface area contributed by atoms with Crippen molar-refractivity contribution >= 4 is 9.84 Å². The fraction of sp³-hybridized carbons (Fsp3) is 0.545. The molecule has 0 aliphatic rings. The standard InChI is InChI=1S/C11H18N2O2S/c1-3-9(2)16(14,15)8-10-4-5-13-11(6-10)7-12/h4-6,9H,3,7-8,12H2,1-2H3. The van der Waals surface area contributed by atoms with E-state index in [-0.39, 0.29) is 11.0 Å². The van der Waals surface area contributed by atoms with Crippen LogP contribution in [0.4, 0.5) is 0 Å². The molecule has 0 fully saturated rings. The molecule has 5 heteroatoms. The zero-order valence-electron chi connectivity index (χ0n) is 9.68. The van der Waals surface area contributed by atoms with E-state index in [1.54, 1.807) is 25.3 Å². The molecule has 1 rings (SSSR count). The molecule has 90 valence electrons. The Balaban J connectivity index is 2.88. The first kappa shape index (κ1) is 13.1. The third kappa shape index (κ3) is 3.28. The molecule has 16 heavy (non-hydrogen) atoms. The lowest BCUT2D eigenvalue weighted by Gasteiger charge is -2.10. The summed E-state index contributed by atoms with van der Waals surface area (Å²) in [5.41, 5.74) is 6.94. The smallest absolute Gasteiger partial charge is 0.157 e. The van der Waals surface area contributed by atoms with Crippen LogP contribution in [-0.2, 0) is 22.1 Å². The van der Waals surface area contributed by atoms with E-state index in [1.165, 1.54) is 0 Å². The van der Waals surface area contributed by atoms with Crippen LogP contribution in [0.1, 0.15) is 31.5 Å². The van der Waals surface area contributed by atoms with Crippen LogP contribution in [0.25, 0.3) is 0 Å². The Morgan fingerprint density at radius 2 is 2.19 bits per heavy atom. The maximum atomic E-state index is 11.9. The minimum atomic E-state index is -3.06. The largest absolute Gasteiger partial charge is 0.325 e. The molecule has 0 bridgehead atoms. The Hall–Kier alpha value is -0.940. The van der Waals surface area contributed by atoms with Gasteiger partial charge in [-0.1, -0.05) is 6.92 Å². The second-order valence-corrected chi connectivity index (χ2v) is 6.30. The second-order valence-electron chi connectivity index (χ2n) is 3.89. The van der Waals surface area contributed by atoms with E-state index in [4.69, 9.17) is 5.73 Å². The molecule has 0 saturated heterocycles. The Morgan fingerprint density at radius 3 is 2.75 bits per heavy atom. The van der Waals surface area contributed by atoms with Gasteiger partial charge in [0.15, 0.2) is 9.84 Å². The van der Waals surface area contributed by atoms with E-state index >= 15 is 0 Å². The molecule has 0 aromatic carbocycles. The molecule has 1 heterocycles. The third-order valence-electron chi connectivity index (χ3n) is 2.65. The minimum Gasteiger partial charge on any atom is -0.325 e. The van der Waals surface area contributed by atoms with E-state index in [0.29, 0.717) is 13.0 Å². The topological polar surface area (TPSA) is 73.0 Å². The highest BCUT2D eigenvalue weighted by Crippen LogP contribution is 2.13. The van der Waals surface area contributed by atoms with Crippen molar-refractivity contribution in [1.29, 1.82) is 0 Å². The van der Waals surface area contributed by atoms with Crippen molar-refractivity contribution in [3.8, 4) is 0 Å². The van der Waals surface area contributed by atoms with Gasteiger partial charge in [0, 0.05) is 12.7 Å². The third-order valence-corrected chi connectivity index (χ3v) is 4.94. The average Bonchev–Trinajstić information content (AvgIpc) is 2.27. The van der Waals surface area contributed by atoms with Gasteiger partial charge in [-0.25, -0.2) is 8.42 Å². The molecule has 0 spiro atoms. The maximum Gasteiger partial charge on any atom is 0.157 e. The van der Waals surface area contributed by atoms with Gasteiger partial charge in [-0.2, -0.15) is 0 Å². The van der Waals surface area contributed by atoms with Gasteiger partial charge < -0.3 is 5.73 Å². The van der Waals surface area contributed by atoms with E-state index in [2.05, 4.69) is 4.98 Å². The van der Waals surface area contributed by atoms with E-state index in [9.17, 15) is 8.42 Å². The first-order valence-electron chi connectivity index (χ1n) is 5.35. The van der Waals surface area contributed by atoms with Crippen molar-refractivity contribution in [2.24, 2.45) is 5.73 Å². The van der Waals surface area contributed by atoms with Gasteiger partial charge in [-0.3, -0.25) is 4.98 Å². The monoisotopic (exact) mass is 242 g/mol. The van der Waals surface area contributed by atoms with Gasteiger partial charge in [-0.05, 0) is 31.0 Å². The summed E-state index contributed by atoms with van der Waals surface area (Å²) >= 11 is 0. The number of pyridine rings is 1. The Kier molecular flexibility index (Phi) is 4.44. The molecule has 0 saturated carbocycles. The first-order chi connectivity index (χ1) is 7.49. The molecule has 0 aliphatic carbocycles. The minimum absolute atomic E-state index is 0.0670. The summed E-state index contributed by atoms with van der Waals surface area (Å²) < 4.78 is 23.8. The fourth-order valence-electron chi connectivity index (χ4n) is 1.36. The summed E-state index contributed by atoms with van der Waals surface area (Å²) in [6.07, 6.45) is 2.24. The maximum absolute atomic E-state index is 11.9. The Bertz CT molecular complexity index is 443. The van der Waals surface area contributed by atoms with Gasteiger partial charge in [0.1, 0.15) is 0 Å². The lowest BCUT2D eigenvalue weighted by atomic mass is 10.2. The van der Waals surface area contributed by atoms with Gasteiger partial charge in [0.25, 0.3) is 0 Å². The van der Waals surface area contributed by atoms with E-state index in [1.807, 2.05) is 6.92 Å². The number of rotatable bonds is 5.